The predicted molar refractivity (Wildman–Crippen MR) is 79.4 cm³/mol. The molecule has 18 heavy (non-hydrogen) atoms. The van der Waals surface area contributed by atoms with Gasteiger partial charge in [0.2, 0.25) is 0 Å². The van der Waals surface area contributed by atoms with Crippen LogP contribution in [-0.2, 0) is 0 Å². The summed E-state index contributed by atoms with van der Waals surface area (Å²) < 4.78 is 0. The van der Waals surface area contributed by atoms with Gasteiger partial charge in [-0.05, 0) is 36.3 Å². The van der Waals surface area contributed by atoms with E-state index in [9.17, 15) is 0 Å². The molecule has 1 aromatic rings. The zero-order valence-corrected chi connectivity index (χ0v) is 12.1. The second-order valence-electron chi connectivity index (χ2n) is 5.88. The monoisotopic (exact) mass is 261 g/mol. The molecule has 0 radical (unpaired) electrons. The molecule has 1 aliphatic carbocycles. The van der Waals surface area contributed by atoms with Gasteiger partial charge in [0.15, 0.2) is 0 Å². The number of hydrogen-bond donors (Lipinski definition) is 1. The largest absolute Gasteiger partial charge is 0.316 e. The summed E-state index contributed by atoms with van der Waals surface area (Å²) in [6.07, 6.45) is 5.66. The zero-order valence-electron chi connectivity index (χ0n) is 11.2. The molecular formula is C16H23NS. The molecule has 0 aromatic heterocycles. The molecule has 1 N–H and O–H groups in total. The number of rotatable bonds is 5. The molecule has 1 saturated carbocycles. The van der Waals surface area contributed by atoms with Crippen molar-refractivity contribution in [2.45, 2.75) is 43.4 Å². The molecule has 1 atom stereocenters. The lowest BCUT2D eigenvalue weighted by Gasteiger charge is -2.41. The van der Waals surface area contributed by atoms with Gasteiger partial charge in [0, 0.05) is 29.7 Å². The van der Waals surface area contributed by atoms with Crippen molar-refractivity contribution in [2.75, 3.05) is 18.8 Å². The molecule has 1 aliphatic heterocycles. The molecule has 0 amide bonds. The van der Waals surface area contributed by atoms with Gasteiger partial charge in [-0.1, -0.05) is 31.5 Å². The maximum Gasteiger partial charge on any atom is 0.0108 e. The van der Waals surface area contributed by atoms with Crippen LogP contribution in [0, 0.1) is 5.41 Å². The van der Waals surface area contributed by atoms with Gasteiger partial charge >= 0.3 is 0 Å². The Kier molecular flexibility index (Phi) is 3.67. The zero-order chi connectivity index (χ0) is 12.4. The van der Waals surface area contributed by atoms with Crippen molar-refractivity contribution in [1.29, 1.82) is 0 Å². The van der Waals surface area contributed by atoms with E-state index in [-0.39, 0.29) is 0 Å². The van der Waals surface area contributed by atoms with Crippen molar-refractivity contribution in [1.82, 2.24) is 5.32 Å². The van der Waals surface area contributed by atoms with Gasteiger partial charge in [0.05, 0.1) is 0 Å². The van der Waals surface area contributed by atoms with Gasteiger partial charge < -0.3 is 5.32 Å². The van der Waals surface area contributed by atoms with Crippen molar-refractivity contribution in [3.63, 3.8) is 0 Å². The van der Waals surface area contributed by atoms with E-state index in [0.29, 0.717) is 5.41 Å². The molecule has 1 unspecified atom stereocenters. The fraction of sp³-hybridized carbons (Fsp3) is 0.625. The Morgan fingerprint density at radius 1 is 1.33 bits per heavy atom. The summed E-state index contributed by atoms with van der Waals surface area (Å²) in [5.74, 6) is 1.98. The van der Waals surface area contributed by atoms with Crippen LogP contribution in [0.3, 0.4) is 0 Å². The van der Waals surface area contributed by atoms with E-state index in [1.807, 2.05) is 11.8 Å². The average molecular weight is 261 g/mol. The first kappa shape index (κ1) is 12.6. The third kappa shape index (κ3) is 2.33. The van der Waals surface area contributed by atoms with Gasteiger partial charge in [0.1, 0.15) is 0 Å². The fourth-order valence-corrected chi connectivity index (χ4v) is 4.50. The lowest BCUT2D eigenvalue weighted by Crippen LogP contribution is -2.40. The van der Waals surface area contributed by atoms with Gasteiger partial charge in [-0.25, -0.2) is 0 Å². The van der Waals surface area contributed by atoms with Gasteiger partial charge in [-0.3, -0.25) is 0 Å². The Bertz CT molecular complexity index is 406. The van der Waals surface area contributed by atoms with Crippen molar-refractivity contribution < 1.29 is 0 Å². The predicted octanol–water partition coefficient (Wildman–Crippen LogP) is 4.05. The smallest absolute Gasteiger partial charge is 0.0108 e. The van der Waals surface area contributed by atoms with E-state index in [2.05, 4.69) is 36.5 Å². The number of nitrogens with one attached hydrogen (secondary N) is 1. The molecule has 0 saturated heterocycles. The van der Waals surface area contributed by atoms with Crippen molar-refractivity contribution >= 4 is 11.8 Å². The lowest BCUT2D eigenvalue weighted by molar-refractivity contribution is 0.124. The Morgan fingerprint density at radius 3 is 2.89 bits per heavy atom. The van der Waals surface area contributed by atoms with Gasteiger partial charge in [-0.2, -0.15) is 0 Å². The second-order valence-corrected chi connectivity index (χ2v) is 6.95. The van der Waals surface area contributed by atoms with Gasteiger partial charge in [0.25, 0.3) is 0 Å². The quantitative estimate of drug-likeness (QED) is 0.858. The molecule has 3 rings (SSSR count). The van der Waals surface area contributed by atoms with Crippen LogP contribution in [0.1, 0.15) is 44.1 Å². The number of benzene rings is 1. The topological polar surface area (TPSA) is 12.0 Å². The molecule has 0 spiro atoms. The normalized spacial score (nSPS) is 24.6. The van der Waals surface area contributed by atoms with Crippen LogP contribution in [0.5, 0.6) is 0 Å². The van der Waals surface area contributed by atoms with E-state index < -0.39 is 0 Å². The SMILES string of the molecule is CCC1(CNCC2CSc3ccccc32)CCC1. The Balaban J connectivity index is 1.53. The summed E-state index contributed by atoms with van der Waals surface area (Å²) in [4.78, 5) is 1.50. The maximum atomic E-state index is 3.75. The Labute approximate surface area is 115 Å². The highest BCUT2D eigenvalue weighted by molar-refractivity contribution is 7.99. The van der Waals surface area contributed by atoms with E-state index in [1.54, 1.807) is 5.56 Å². The molecule has 1 fully saturated rings. The van der Waals surface area contributed by atoms with Crippen LogP contribution in [0.4, 0.5) is 0 Å². The van der Waals surface area contributed by atoms with Gasteiger partial charge in [-0.15, -0.1) is 11.8 Å². The summed E-state index contributed by atoms with van der Waals surface area (Å²) in [6.45, 7) is 4.74. The van der Waals surface area contributed by atoms with Crippen LogP contribution in [0.2, 0.25) is 0 Å². The van der Waals surface area contributed by atoms with Crippen LogP contribution in [0.15, 0.2) is 29.2 Å². The first-order chi connectivity index (χ1) is 8.83. The summed E-state index contributed by atoms with van der Waals surface area (Å²) >= 11 is 2.02. The fourth-order valence-electron chi connectivity index (χ4n) is 3.24. The third-order valence-electron chi connectivity index (χ3n) is 4.85. The van der Waals surface area contributed by atoms with Crippen molar-refractivity contribution in [3.8, 4) is 0 Å². The average Bonchev–Trinajstić information content (AvgIpc) is 2.76. The first-order valence-corrected chi connectivity index (χ1v) is 8.24. The van der Waals surface area contributed by atoms with Crippen LogP contribution in [0.25, 0.3) is 0 Å². The van der Waals surface area contributed by atoms with Crippen LogP contribution >= 0.6 is 11.8 Å². The Morgan fingerprint density at radius 2 is 2.17 bits per heavy atom. The van der Waals surface area contributed by atoms with E-state index in [4.69, 9.17) is 0 Å². The number of fused-ring (bicyclic) bond motifs is 1. The minimum atomic E-state index is 0.644. The standard InChI is InChI=1S/C16H23NS/c1-2-16(8-5-9-16)12-17-10-13-11-18-15-7-4-3-6-14(13)15/h3-4,6-7,13,17H,2,5,8-12H2,1H3. The minimum Gasteiger partial charge on any atom is -0.316 e. The molecule has 98 valence electrons. The van der Waals surface area contributed by atoms with Crippen molar-refractivity contribution in [3.05, 3.63) is 29.8 Å². The molecule has 2 aliphatic rings. The second kappa shape index (κ2) is 5.26. The summed E-state index contributed by atoms with van der Waals surface area (Å²) in [5.41, 5.74) is 2.21. The number of hydrogen-bond acceptors (Lipinski definition) is 2. The van der Waals surface area contributed by atoms with Crippen LogP contribution < -0.4 is 5.32 Å². The summed E-state index contributed by atoms with van der Waals surface area (Å²) in [6, 6.07) is 8.90. The molecular weight excluding hydrogens is 238 g/mol. The van der Waals surface area contributed by atoms with E-state index >= 15 is 0 Å². The Hall–Kier alpha value is -0.470. The molecule has 1 heterocycles. The summed E-state index contributed by atoms with van der Waals surface area (Å²) in [5, 5.41) is 3.75. The molecule has 0 bridgehead atoms. The minimum absolute atomic E-state index is 0.644. The van der Waals surface area contributed by atoms with Crippen molar-refractivity contribution in [2.24, 2.45) is 5.41 Å². The highest BCUT2D eigenvalue weighted by Crippen LogP contribution is 2.43. The first-order valence-electron chi connectivity index (χ1n) is 7.25. The molecule has 2 heteroatoms. The maximum absolute atomic E-state index is 3.75. The number of thioether (sulfide) groups is 1. The van der Waals surface area contributed by atoms with Crippen LogP contribution in [-0.4, -0.2) is 18.8 Å². The molecule has 1 aromatic carbocycles. The lowest BCUT2D eigenvalue weighted by atomic mass is 9.67. The highest BCUT2D eigenvalue weighted by atomic mass is 32.2. The van der Waals surface area contributed by atoms with E-state index in [0.717, 1.165) is 12.5 Å². The highest BCUT2D eigenvalue weighted by Gasteiger charge is 2.34. The molecule has 1 nitrogen and oxygen atoms in total. The van der Waals surface area contributed by atoms with E-state index in [1.165, 1.54) is 42.9 Å². The third-order valence-corrected chi connectivity index (χ3v) is 6.11. The summed E-state index contributed by atoms with van der Waals surface area (Å²) in [7, 11) is 0.